The van der Waals surface area contributed by atoms with Gasteiger partial charge in [-0.2, -0.15) is 21.6 Å². The lowest BCUT2D eigenvalue weighted by molar-refractivity contribution is -0.0515. The van der Waals surface area contributed by atoms with E-state index in [0.29, 0.717) is 18.3 Å². The zero-order chi connectivity index (χ0) is 10.7. The molecule has 0 saturated heterocycles. The van der Waals surface area contributed by atoms with Gasteiger partial charge in [0, 0.05) is 0 Å². The van der Waals surface area contributed by atoms with Crippen molar-refractivity contribution in [1.29, 1.82) is 0 Å². The molecule has 7 heteroatoms. The molecule has 0 aliphatic rings. The van der Waals surface area contributed by atoms with E-state index in [2.05, 4.69) is 4.18 Å². The summed E-state index contributed by atoms with van der Waals surface area (Å²) in [4.78, 5) is 0. The van der Waals surface area contributed by atoms with Crippen LogP contribution in [0.5, 0.6) is 0 Å². The second-order valence-electron chi connectivity index (χ2n) is 2.31. The van der Waals surface area contributed by atoms with E-state index in [9.17, 15) is 21.6 Å². The van der Waals surface area contributed by atoms with E-state index in [0.717, 1.165) is 0 Å². The molecular formula is C6H9F3O3S. The first kappa shape index (κ1) is 12.3. The Bertz CT molecular complexity index is 289. The van der Waals surface area contributed by atoms with Crippen LogP contribution in [0.1, 0.15) is 20.3 Å². The van der Waals surface area contributed by atoms with Crippen LogP contribution in [0.3, 0.4) is 0 Å². The van der Waals surface area contributed by atoms with Crippen molar-refractivity contribution in [3.05, 3.63) is 11.8 Å². The zero-order valence-electron chi connectivity index (χ0n) is 7.05. The molecule has 0 heterocycles. The lowest BCUT2D eigenvalue weighted by Crippen LogP contribution is -2.23. The van der Waals surface area contributed by atoms with Crippen molar-refractivity contribution < 1.29 is 25.8 Å². The van der Waals surface area contributed by atoms with E-state index in [-0.39, 0.29) is 0 Å². The van der Waals surface area contributed by atoms with Gasteiger partial charge in [0.15, 0.2) is 0 Å². The molecule has 0 unspecified atom stereocenters. The number of hydrogen-bond acceptors (Lipinski definition) is 3. The topological polar surface area (TPSA) is 43.4 Å². The molecule has 0 atom stereocenters. The van der Waals surface area contributed by atoms with Crippen LogP contribution in [0.15, 0.2) is 11.8 Å². The fraction of sp³-hybridized carbons (Fsp3) is 0.667. The van der Waals surface area contributed by atoms with Gasteiger partial charge in [0.25, 0.3) is 0 Å². The van der Waals surface area contributed by atoms with Gasteiger partial charge in [0.1, 0.15) is 6.26 Å². The lowest BCUT2D eigenvalue weighted by Gasteiger charge is -2.06. The molecule has 0 spiro atoms. The Kier molecular flexibility index (Phi) is 3.77. The SMILES string of the molecule is CCC(C)=COS(=O)(=O)C(F)(F)F. The van der Waals surface area contributed by atoms with Crippen LogP contribution in [0.4, 0.5) is 13.2 Å². The van der Waals surface area contributed by atoms with Crippen molar-refractivity contribution >= 4 is 10.1 Å². The number of allylic oxidation sites excluding steroid dienone is 1. The van der Waals surface area contributed by atoms with E-state index in [1.54, 1.807) is 6.92 Å². The molecule has 0 aromatic heterocycles. The minimum Gasteiger partial charge on any atom is -0.384 e. The predicted octanol–water partition coefficient (Wildman–Crippen LogP) is 2.17. The third-order valence-electron chi connectivity index (χ3n) is 1.22. The maximum atomic E-state index is 11.6. The maximum absolute atomic E-state index is 11.6. The Balaban J connectivity index is 4.57. The lowest BCUT2D eigenvalue weighted by atomic mass is 10.3. The van der Waals surface area contributed by atoms with Crippen molar-refractivity contribution in [3.63, 3.8) is 0 Å². The Morgan fingerprint density at radius 1 is 1.46 bits per heavy atom. The van der Waals surface area contributed by atoms with Gasteiger partial charge in [-0.25, -0.2) is 0 Å². The molecule has 0 amide bonds. The fourth-order valence-corrected chi connectivity index (χ4v) is 0.683. The van der Waals surface area contributed by atoms with E-state index in [4.69, 9.17) is 0 Å². The highest BCUT2D eigenvalue weighted by atomic mass is 32.2. The summed E-state index contributed by atoms with van der Waals surface area (Å²) >= 11 is 0. The average molecular weight is 218 g/mol. The molecule has 0 rings (SSSR count). The summed E-state index contributed by atoms with van der Waals surface area (Å²) in [6, 6.07) is 0. The van der Waals surface area contributed by atoms with Crippen LogP contribution in [0, 0.1) is 0 Å². The van der Waals surface area contributed by atoms with Crippen LogP contribution in [-0.4, -0.2) is 13.9 Å². The van der Waals surface area contributed by atoms with Gasteiger partial charge >= 0.3 is 15.6 Å². The standard InChI is InChI=1S/C6H9F3O3S/c1-3-5(2)4-12-13(10,11)6(7,8)9/h4H,3H2,1-2H3. The van der Waals surface area contributed by atoms with Crippen molar-refractivity contribution in [2.45, 2.75) is 25.8 Å². The molecule has 78 valence electrons. The second-order valence-corrected chi connectivity index (χ2v) is 3.88. The Hall–Kier alpha value is -0.720. The number of rotatable bonds is 3. The van der Waals surface area contributed by atoms with Gasteiger partial charge < -0.3 is 4.18 Å². The highest BCUT2D eigenvalue weighted by Gasteiger charge is 2.47. The molecule has 0 bridgehead atoms. The Morgan fingerprint density at radius 3 is 2.23 bits per heavy atom. The van der Waals surface area contributed by atoms with E-state index in [1.807, 2.05) is 0 Å². The van der Waals surface area contributed by atoms with E-state index >= 15 is 0 Å². The molecule has 0 saturated carbocycles. The molecule has 0 N–H and O–H groups in total. The van der Waals surface area contributed by atoms with Crippen LogP contribution < -0.4 is 0 Å². The fourth-order valence-electron chi connectivity index (χ4n) is 0.283. The van der Waals surface area contributed by atoms with Crippen molar-refractivity contribution in [2.24, 2.45) is 0 Å². The normalized spacial score (nSPS) is 14.4. The highest BCUT2D eigenvalue weighted by Crippen LogP contribution is 2.25. The third-order valence-corrected chi connectivity index (χ3v) is 2.13. The summed E-state index contributed by atoms with van der Waals surface area (Å²) in [5.41, 5.74) is -4.95. The Morgan fingerprint density at radius 2 is 1.92 bits per heavy atom. The van der Waals surface area contributed by atoms with Gasteiger partial charge in [0.05, 0.1) is 0 Å². The first-order valence-electron chi connectivity index (χ1n) is 3.36. The van der Waals surface area contributed by atoms with E-state index in [1.165, 1.54) is 6.92 Å². The summed E-state index contributed by atoms with van der Waals surface area (Å²) in [5, 5.41) is 0. The average Bonchev–Trinajstić information content (AvgIpc) is 1.98. The summed E-state index contributed by atoms with van der Waals surface area (Å²) in [6.45, 7) is 3.13. The van der Waals surface area contributed by atoms with E-state index < -0.39 is 15.6 Å². The van der Waals surface area contributed by atoms with Crippen molar-refractivity contribution in [1.82, 2.24) is 0 Å². The second kappa shape index (κ2) is 3.99. The number of hydrogen-bond donors (Lipinski definition) is 0. The van der Waals surface area contributed by atoms with Crippen LogP contribution in [-0.2, 0) is 14.3 Å². The van der Waals surface area contributed by atoms with Gasteiger partial charge in [0.2, 0.25) is 0 Å². The monoisotopic (exact) mass is 218 g/mol. The summed E-state index contributed by atoms with van der Waals surface area (Å²) in [7, 11) is -5.48. The Labute approximate surface area is 74.3 Å². The third kappa shape index (κ3) is 3.67. The first-order chi connectivity index (χ1) is 5.70. The van der Waals surface area contributed by atoms with Crippen LogP contribution >= 0.6 is 0 Å². The zero-order valence-corrected chi connectivity index (χ0v) is 7.87. The molecule has 13 heavy (non-hydrogen) atoms. The smallest absolute Gasteiger partial charge is 0.384 e. The first-order valence-corrected chi connectivity index (χ1v) is 4.76. The molecule has 3 nitrogen and oxygen atoms in total. The maximum Gasteiger partial charge on any atom is 0.534 e. The molecule has 0 aliphatic carbocycles. The highest BCUT2D eigenvalue weighted by molar-refractivity contribution is 7.87. The summed E-state index contributed by atoms with van der Waals surface area (Å²) in [5.74, 6) is 0. The molecule has 0 aromatic carbocycles. The predicted molar refractivity (Wildman–Crippen MR) is 40.1 cm³/mol. The summed E-state index contributed by atoms with van der Waals surface area (Å²) in [6.07, 6.45) is 1.01. The molecule has 0 radical (unpaired) electrons. The van der Waals surface area contributed by atoms with Gasteiger partial charge in [-0.05, 0) is 18.9 Å². The number of halogens is 3. The largest absolute Gasteiger partial charge is 0.534 e. The molecule has 0 aromatic rings. The van der Waals surface area contributed by atoms with Crippen LogP contribution in [0.25, 0.3) is 0 Å². The van der Waals surface area contributed by atoms with Crippen molar-refractivity contribution in [3.8, 4) is 0 Å². The van der Waals surface area contributed by atoms with Gasteiger partial charge in [-0.15, -0.1) is 0 Å². The molecule has 0 aliphatic heterocycles. The molecular weight excluding hydrogens is 209 g/mol. The van der Waals surface area contributed by atoms with Gasteiger partial charge in [-0.1, -0.05) is 6.92 Å². The minimum atomic E-state index is -5.48. The van der Waals surface area contributed by atoms with Crippen LogP contribution in [0.2, 0.25) is 0 Å². The number of alkyl halides is 3. The summed E-state index contributed by atoms with van der Waals surface area (Å²) < 4.78 is 59.1. The van der Waals surface area contributed by atoms with Crippen molar-refractivity contribution in [2.75, 3.05) is 0 Å². The van der Waals surface area contributed by atoms with Gasteiger partial charge in [-0.3, -0.25) is 0 Å². The quantitative estimate of drug-likeness (QED) is 0.414. The minimum absolute atomic E-state index is 0.410. The molecule has 0 fully saturated rings.